The van der Waals surface area contributed by atoms with Crippen molar-refractivity contribution in [2.75, 3.05) is 48.8 Å². The van der Waals surface area contributed by atoms with E-state index in [1.165, 1.54) is 6.07 Å². The van der Waals surface area contributed by atoms with Crippen LogP contribution in [0.25, 0.3) is 10.6 Å². The highest BCUT2D eigenvalue weighted by Gasteiger charge is 2.43. The van der Waals surface area contributed by atoms with Gasteiger partial charge >= 0.3 is 6.18 Å². The summed E-state index contributed by atoms with van der Waals surface area (Å²) in [6.07, 6.45) is -1.44. The first kappa shape index (κ1) is 29.3. The summed E-state index contributed by atoms with van der Waals surface area (Å²) in [7, 11) is -3.68. The largest absolute Gasteiger partial charge is 0.420 e. The number of anilines is 3. The van der Waals surface area contributed by atoms with Crippen LogP contribution in [0.5, 0.6) is 0 Å². The van der Waals surface area contributed by atoms with E-state index in [2.05, 4.69) is 31.2 Å². The van der Waals surface area contributed by atoms with Crippen LogP contribution in [0.3, 0.4) is 0 Å². The summed E-state index contributed by atoms with van der Waals surface area (Å²) < 4.78 is 72.7. The summed E-state index contributed by atoms with van der Waals surface area (Å²) >= 11 is 0.940. The van der Waals surface area contributed by atoms with Gasteiger partial charge < -0.3 is 20.1 Å². The maximum Gasteiger partial charge on any atom is 0.420 e. The number of aryl methyl sites for hydroxylation is 1. The van der Waals surface area contributed by atoms with Crippen molar-refractivity contribution < 1.29 is 31.4 Å². The van der Waals surface area contributed by atoms with Gasteiger partial charge in [-0.3, -0.25) is 4.90 Å². The molecule has 2 aromatic heterocycles. The van der Waals surface area contributed by atoms with Crippen molar-refractivity contribution in [3.05, 3.63) is 46.5 Å². The van der Waals surface area contributed by atoms with Crippen LogP contribution in [0.2, 0.25) is 0 Å². The van der Waals surface area contributed by atoms with Crippen molar-refractivity contribution in [3.63, 3.8) is 0 Å². The van der Waals surface area contributed by atoms with E-state index in [9.17, 15) is 26.7 Å². The van der Waals surface area contributed by atoms with Crippen LogP contribution in [-0.2, 0) is 33.8 Å². The highest BCUT2D eigenvalue weighted by molar-refractivity contribution is 7.91. The van der Waals surface area contributed by atoms with Gasteiger partial charge in [0.15, 0.2) is 9.84 Å². The fourth-order valence-corrected chi connectivity index (χ4v) is 8.92. The third-order valence-corrected chi connectivity index (χ3v) is 11.2. The van der Waals surface area contributed by atoms with E-state index < -0.39 is 21.6 Å². The van der Waals surface area contributed by atoms with Crippen molar-refractivity contribution >= 4 is 38.5 Å². The van der Waals surface area contributed by atoms with Gasteiger partial charge in [0.1, 0.15) is 5.56 Å². The minimum absolute atomic E-state index is 0.00256. The van der Waals surface area contributed by atoms with Gasteiger partial charge in [-0.15, -0.1) is 11.3 Å². The molecule has 42 heavy (non-hydrogen) atoms. The number of aromatic nitrogens is 2. The average Bonchev–Trinajstić information content (AvgIpc) is 3.67. The van der Waals surface area contributed by atoms with Gasteiger partial charge in [0, 0.05) is 60.8 Å². The fourth-order valence-electron chi connectivity index (χ4n) is 6.08. The molecule has 14 heteroatoms. The van der Waals surface area contributed by atoms with E-state index >= 15 is 0 Å². The molecule has 9 nitrogen and oxygen atoms in total. The summed E-state index contributed by atoms with van der Waals surface area (Å²) in [4.78, 5) is 13.5. The van der Waals surface area contributed by atoms with E-state index in [-0.39, 0.29) is 47.0 Å². The number of rotatable bonds is 8. The predicted molar refractivity (Wildman–Crippen MR) is 154 cm³/mol. The minimum atomic E-state index is -4.73. The fraction of sp³-hybridized carbons (Fsp3) is 0.500. The molecule has 0 radical (unpaired) electrons. The van der Waals surface area contributed by atoms with Crippen molar-refractivity contribution in [2.45, 2.75) is 55.9 Å². The molecule has 5 heterocycles. The van der Waals surface area contributed by atoms with E-state index in [0.717, 1.165) is 61.3 Å². The summed E-state index contributed by atoms with van der Waals surface area (Å²) in [5, 5.41) is 12.3. The van der Waals surface area contributed by atoms with Crippen molar-refractivity contribution in [1.82, 2.24) is 14.9 Å². The van der Waals surface area contributed by atoms with Crippen LogP contribution in [-0.4, -0.2) is 79.1 Å². The van der Waals surface area contributed by atoms with Gasteiger partial charge in [0.05, 0.1) is 34.4 Å². The molecule has 226 valence electrons. The Hall–Kier alpha value is -2.78. The van der Waals surface area contributed by atoms with Crippen LogP contribution in [0, 0.1) is 0 Å². The lowest BCUT2D eigenvalue weighted by Crippen LogP contribution is -2.46. The molecule has 0 unspecified atom stereocenters. The van der Waals surface area contributed by atoms with Gasteiger partial charge in [0.2, 0.25) is 5.95 Å². The second kappa shape index (κ2) is 11.4. The molecule has 2 saturated heterocycles. The number of aliphatic hydroxyl groups is 1. The maximum absolute atomic E-state index is 14.0. The number of halogens is 3. The number of alkyl halides is 3. The molecule has 2 fully saturated rings. The molecule has 3 aromatic rings. The highest BCUT2D eigenvalue weighted by Crippen LogP contribution is 2.42. The first-order valence-corrected chi connectivity index (χ1v) is 16.4. The Morgan fingerprint density at radius 3 is 2.76 bits per heavy atom. The quantitative estimate of drug-likeness (QED) is 0.376. The number of thiophene rings is 1. The summed E-state index contributed by atoms with van der Waals surface area (Å²) in [6, 6.07) is 8.17. The third-order valence-electron chi connectivity index (χ3n) is 8.17. The zero-order chi connectivity index (χ0) is 29.6. The van der Waals surface area contributed by atoms with Gasteiger partial charge in [-0.25, -0.2) is 18.4 Å². The molecule has 3 aliphatic heterocycles. The zero-order valence-electron chi connectivity index (χ0n) is 23.0. The molecule has 2 bridgehead atoms. The van der Waals surface area contributed by atoms with Crippen LogP contribution in [0.4, 0.5) is 30.5 Å². The van der Waals surface area contributed by atoms with Crippen LogP contribution in [0.15, 0.2) is 35.4 Å². The number of fused-ring (bicyclic) bond motifs is 3. The molecule has 0 aliphatic carbocycles. The topological polar surface area (TPSA) is 108 Å². The normalized spacial score (nSPS) is 21.9. The van der Waals surface area contributed by atoms with Crippen molar-refractivity contribution in [2.24, 2.45) is 0 Å². The maximum atomic E-state index is 14.0. The van der Waals surface area contributed by atoms with E-state index in [1.54, 1.807) is 0 Å². The Morgan fingerprint density at radius 2 is 2.05 bits per heavy atom. The number of sulfone groups is 1. The number of benzene rings is 1. The zero-order valence-corrected chi connectivity index (χ0v) is 24.7. The standard InChI is InChI=1S/C28H32F3N5O4S2/c1-2-17-10-18(36-15-19-11-20(36)14-35(19)6-3-7-37)4-5-22(17)33-27-32-13-21(28(29,30)31)26(34-27)23-12-25-24(41-23)16-40-8-9-42(25,38)39/h4-5,10,12-13,19-20,37H,2-3,6-9,11,14-16H2,1H3,(H,32,33,34)/t19-,20-/m1/s1. The lowest BCUT2D eigenvalue weighted by molar-refractivity contribution is -0.137. The van der Waals surface area contributed by atoms with Crippen molar-refractivity contribution in [1.29, 1.82) is 0 Å². The second-order valence-electron chi connectivity index (χ2n) is 10.8. The van der Waals surface area contributed by atoms with Crippen LogP contribution >= 0.6 is 11.3 Å². The molecule has 2 atom stereocenters. The molecular formula is C28H32F3N5O4S2. The Morgan fingerprint density at radius 1 is 1.21 bits per heavy atom. The first-order valence-electron chi connectivity index (χ1n) is 14.0. The lowest BCUT2D eigenvalue weighted by Gasteiger charge is -2.36. The predicted octanol–water partition coefficient (Wildman–Crippen LogP) is 4.48. The number of nitrogens with zero attached hydrogens (tertiary/aromatic N) is 4. The van der Waals surface area contributed by atoms with Gasteiger partial charge in [0.25, 0.3) is 0 Å². The van der Waals surface area contributed by atoms with E-state index in [0.29, 0.717) is 29.1 Å². The van der Waals surface area contributed by atoms with Crippen LogP contribution < -0.4 is 10.2 Å². The number of piperazine rings is 1. The van der Waals surface area contributed by atoms with E-state index in [1.807, 2.05) is 19.1 Å². The molecule has 0 spiro atoms. The Balaban J connectivity index is 1.28. The molecule has 2 N–H and O–H groups in total. The monoisotopic (exact) mass is 623 g/mol. The molecule has 1 aromatic carbocycles. The minimum Gasteiger partial charge on any atom is -0.396 e. The third kappa shape index (κ3) is 5.62. The molecule has 6 rings (SSSR count). The molecule has 3 aliphatic rings. The SMILES string of the molecule is CCc1cc(N2C[C@H]3C[C@@H]2CN3CCCO)ccc1Nc1ncc(C(F)(F)F)c(-c2cc3c(s2)COCCS3(=O)=O)n1. The number of likely N-dealkylation sites (tertiary alicyclic amines) is 1. The average molecular weight is 624 g/mol. The van der Waals surface area contributed by atoms with Crippen molar-refractivity contribution in [3.8, 4) is 10.6 Å². The number of ether oxygens (including phenoxy) is 1. The summed E-state index contributed by atoms with van der Waals surface area (Å²) in [5.74, 6) is -0.238. The van der Waals surface area contributed by atoms with Gasteiger partial charge in [-0.05, 0) is 49.1 Å². The summed E-state index contributed by atoms with van der Waals surface area (Å²) in [5.41, 5.74) is 1.36. The Labute approximate surface area is 246 Å². The smallest absolute Gasteiger partial charge is 0.396 e. The molecule has 0 saturated carbocycles. The lowest BCUT2D eigenvalue weighted by atomic mass is 10.1. The first-order chi connectivity index (χ1) is 20.1. The molecule has 0 amide bonds. The van der Waals surface area contributed by atoms with Crippen LogP contribution in [0.1, 0.15) is 35.8 Å². The van der Waals surface area contributed by atoms with Gasteiger partial charge in [-0.1, -0.05) is 6.92 Å². The second-order valence-corrected chi connectivity index (χ2v) is 14.0. The number of aliphatic hydroxyl groups excluding tert-OH is 1. The van der Waals surface area contributed by atoms with Gasteiger partial charge in [-0.2, -0.15) is 13.2 Å². The van der Waals surface area contributed by atoms with E-state index in [4.69, 9.17) is 4.74 Å². The number of hydrogen-bond acceptors (Lipinski definition) is 10. The Bertz CT molecular complexity index is 1580. The summed E-state index contributed by atoms with van der Waals surface area (Å²) in [6.45, 7) is 5.05. The Kier molecular flexibility index (Phi) is 7.94. The number of nitrogens with one attached hydrogen (secondary N) is 1. The number of hydrogen-bond donors (Lipinski definition) is 2. The molecular weight excluding hydrogens is 591 g/mol. The highest BCUT2D eigenvalue weighted by atomic mass is 32.2.